The lowest BCUT2D eigenvalue weighted by molar-refractivity contribution is 0.185. The van der Waals surface area contributed by atoms with Crippen LogP contribution in [0.15, 0.2) is 29.3 Å². The molecule has 0 aliphatic heterocycles. The van der Waals surface area contributed by atoms with Crippen LogP contribution in [-0.4, -0.2) is 37.9 Å². The summed E-state index contributed by atoms with van der Waals surface area (Å²) in [6, 6.07) is 8.31. The molecule has 3 N–H and O–H groups in total. The average molecular weight is 463 g/mol. The Balaban J connectivity index is 0.00000576. The van der Waals surface area contributed by atoms with Crippen molar-refractivity contribution in [3.63, 3.8) is 0 Å². The van der Waals surface area contributed by atoms with Crippen LogP contribution in [0.4, 0.5) is 0 Å². The van der Waals surface area contributed by atoms with Crippen molar-refractivity contribution >= 4 is 29.9 Å². The minimum atomic E-state index is 0. The fraction of sp³-hybridized carbons (Fsp3) is 0.632. The number of halogens is 1. The lowest BCUT2D eigenvalue weighted by Gasteiger charge is -2.18. The molecule has 0 amide bonds. The van der Waals surface area contributed by atoms with Gasteiger partial charge >= 0.3 is 0 Å². The highest BCUT2D eigenvalue weighted by molar-refractivity contribution is 14.0. The van der Waals surface area contributed by atoms with E-state index in [1.54, 1.807) is 7.11 Å². The van der Waals surface area contributed by atoms with Crippen molar-refractivity contribution in [2.24, 2.45) is 10.9 Å². The van der Waals surface area contributed by atoms with Crippen molar-refractivity contribution in [3.05, 3.63) is 35.4 Å². The number of rotatable bonds is 11. The Kier molecular flexibility index (Phi) is 14.9. The number of nitrogens with one attached hydrogen (secondary N) is 2. The highest BCUT2D eigenvalue weighted by Gasteiger charge is 2.08. The fourth-order valence-electron chi connectivity index (χ4n) is 2.68. The highest BCUT2D eigenvalue weighted by Crippen LogP contribution is 2.10. The molecule has 1 aromatic rings. The van der Waals surface area contributed by atoms with Crippen LogP contribution < -0.4 is 10.6 Å². The third kappa shape index (κ3) is 10.7. The number of aliphatic imine (C=N–C) groups is 1. The largest absolute Gasteiger partial charge is 0.396 e. The summed E-state index contributed by atoms with van der Waals surface area (Å²) in [5.41, 5.74) is 2.33. The van der Waals surface area contributed by atoms with Gasteiger partial charge in [0.2, 0.25) is 0 Å². The Morgan fingerprint density at radius 3 is 2.60 bits per heavy atom. The number of benzene rings is 1. The summed E-state index contributed by atoms with van der Waals surface area (Å²) in [7, 11) is 1.71. The zero-order valence-corrected chi connectivity index (χ0v) is 18.1. The van der Waals surface area contributed by atoms with E-state index < -0.39 is 0 Å². The van der Waals surface area contributed by atoms with Crippen molar-refractivity contribution in [1.29, 1.82) is 0 Å². The standard InChI is InChI=1S/C19H33N3O2.HI/c1-4-7-16(10-11-23)13-21-19(20-5-2)22-14-17-8-6-9-18(12-17)15-24-3;/h6,8-9,12,16,23H,4-5,7,10-11,13-15H2,1-3H3,(H2,20,21,22);1H. The summed E-state index contributed by atoms with van der Waals surface area (Å²) in [6.45, 7) is 7.40. The van der Waals surface area contributed by atoms with Gasteiger partial charge in [-0.25, -0.2) is 4.99 Å². The highest BCUT2D eigenvalue weighted by atomic mass is 127. The summed E-state index contributed by atoms with van der Waals surface area (Å²) < 4.78 is 5.18. The lowest BCUT2D eigenvalue weighted by atomic mass is 10.0. The summed E-state index contributed by atoms with van der Waals surface area (Å²) in [4.78, 5) is 4.67. The maximum Gasteiger partial charge on any atom is 0.191 e. The van der Waals surface area contributed by atoms with Crippen molar-refractivity contribution in [2.75, 3.05) is 26.8 Å². The SMILES string of the molecule is CCCC(CCO)CNC(=NCc1cccc(COC)c1)NCC.I. The Morgan fingerprint density at radius 2 is 1.96 bits per heavy atom. The zero-order valence-electron chi connectivity index (χ0n) is 15.8. The van der Waals surface area contributed by atoms with E-state index in [1.165, 1.54) is 5.56 Å². The van der Waals surface area contributed by atoms with Crippen LogP contribution in [0.1, 0.15) is 44.2 Å². The molecule has 6 heteroatoms. The van der Waals surface area contributed by atoms with Crippen molar-refractivity contribution in [3.8, 4) is 0 Å². The van der Waals surface area contributed by atoms with Gasteiger partial charge in [0.1, 0.15) is 0 Å². The minimum Gasteiger partial charge on any atom is -0.396 e. The molecule has 0 bridgehead atoms. The summed E-state index contributed by atoms with van der Waals surface area (Å²) >= 11 is 0. The first-order valence-electron chi connectivity index (χ1n) is 8.93. The molecule has 0 aliphatic rings. The molecule has 1 unspecified atom stereocenters. The maximum atomic E-state index is 9.17. The molecule has 1 rings (SSSR count). The Morgan fingerprint density at radius 1 is 1.20 bits per heavy atom. The van der Waals surface area contributed by atoms with E-state index >= 15 is 0 Å². The van der Waals surface area contributed by atoms with Crippen LogP contribution in [0.3, 0.4) is 0 Å². The quantitative estimate of drug-likeness (QED) is 0.268. The van der Waals surface area contributed by atoms with Gasteiger partial charge in [-0.15, -0.1) is 24.0 Å². The zero-order chi connectivity index (χ0) is 17.6. The normalized spacial score (nSPS) is 12.4. The van der Waals surface area contributed by atoms with E-state index in [1.807, 2.05) is 6.07 Å². The molecular weight excluding hydrogens is 429 g/mol. The number of methoxy groups -OCH3 is 1. The Bertz CT molecular complexity index is 477. The molecule has 0 heterocycles. The predicted molar refractivity (Wildman–Crippen MR) is 115 cm³/mol. The van der Waals surface area contributed by atoms with Gasteiger partial charge in [0.05, 0.1) is 13.2 Å². The first kappa shape index (κ1) is 24.1. The van der Waals surface area contributed by atoms with Gasteiger partial charge in [0, 0.05) is 26.8 Å². The number of hydrogen-bond acceptors (Lipinski definition) is 3. The first-order valence-corrected chi connectivity index (χ1v) is 8.93. The Labute approximate surface area is 169 Å². The second kappa shape index (κ2) is 15.4. The van der Waals surface area contributed by atoms with E-state index in [-0.39, 0.29) is 30.6 Å². The van der Waals surface area contributed by atoms with Gasteiger partial charge in [-0.3, -0.25) is 0 Å². The van der Waals surface area contributed by atoms with Crippen LogP contribution in [0.2, 0.25) is 0 Å². The number of aliphatic hydroxyl groups is 1. The number of nitrogens with zero attached hydrogens (tertiary/aromatic N) is 1. The maximum absolute atomic E-state index is 9.17. The molecule has 25 heavy (non-hydrogen) atoms. The van der Waals surface area contributed by atoms with Gasteiger partial charge in [-0.1, -0.05) is 37.6 Å². The molecule has 0 saturated carbocycles. The van der Waals surface area contributed by atoms with E-state index in [0.717, 1.165) is 43.9 Å². The molecule has 0 radical (unpaired) electrons. The third-order valence-electron chi connectivity index (χ3n) is 3.86. The fourth-order valence-corrected chi connectivity index (χ4v) is 2.68. The average Bonchev–Trinajstić information content (AvgIpc) is 2.58. The predicted octanol–water partition coefficient (Wildman–Crippen LogP) is 3.30. The second-order valence-electron chi connectivity index (χ2n) is 6.00. The summed E-state index contributed by atoms with van der Waals surface area (Å²) in [5.74, 6) is 1.31. The van der Waals surface area contributed by atoms with E-state index in [9.17, 15) is 0 Å². The monoisotopic (exact) mass is 463 g/mol. The third-order valence-corrected chi connectivity index (χ3v) is 3.86. The van der Waals surface area contributed by atoms with Crippen LogP contribution in [0.5, 0.6) is 0 Å². The van der Waals surface area contributed by atoms with E-state index in [0.29, 0.717) is 19.1 Å². The van der Waals surface area contributed by atoms with Gasteiger partial charge < -0.3 is 20.5 Å². The lowest BCUT2D eigenvalue weighted by Crippen LogP contribution is -2.40. The van der Waals surface area contributed by atoms with Gasteiger partial charge in [0.15, 0.2) is 5.96 Å². The van der Waals surface area contributed by atoms with Gasteiger partial charge in [0.25, 0.3) is 0 Å². The molecule has 0 spiro atoms. The summed E-state index contributed by atoms with van der Waals surface area (Å²) in [6.07, 6.45) is 3.08. The molecule has 1 aromatic carbocycles. The molecule has 5 nitrogen and oxygen atoms in total. The topological polar surface area (TPSA) is 65.9 Å². The van der Waals surface area contributed by atoms with E-state index in [4.69, 9.17) is 9.84 Å². The molecule has 1 atom stereocenters. The number of guanidine groups is 1. The molecule has 0 aliphatic carbocycles. The molecular formula is C19H34IN3O2. The smallest absolute Gasteiger partial charge is 0.191 e. The second-order valence-corrected chi connectivity index (χ2v) is 6.00. The number of aliphatic hydroxyl groups excluding tert-OH is 1. The molecule has 144 valence electrons. The molecule has 0 aromatic heterocycles. The summed E-state index contributed by atoms with van der Waals surface area (Å²) in [5, 5.41) is 15.9. The minimum absolute atomic E-state index is 0. The van der Waals surface area contributed by atoms with Crippen LogP contribution in [-0.2, 0) is 17.9 Å². The van der Waals surface area contributed by atoms with Crippen molar-refractivity contribution in [1.82, 2.24) is 10.6 Å². The Hall–Kier alpha value is -0.860. The molecule has 0 saturated heterocycles. The van der Waals surface area contributed by atoms with Crippen molar-refractivity contribution in [2.45, 2.75) is 46.3 Å². The number of hydrogen-bond donors (Lipinski definition) is 3. The van der Waals surface area contributed by atoms with Crippen LogP contribution in [0, 0.1) is 5.92 Å². The molecule has 0 fully saturated rings. The van der Waals surface area contributed by atoms with Crippen LogP contribution in [0.25, 0.3) is 0 Å². The number of ether oxygens (including phenoxy) is 1. The van der Waals surface area contributed by atoms with Gasteiger partial charge in [-0.05, 0) is 36.8 Å². The first-order chi connectivity index (χ1) is 11.7. The van der Waals surface area contributed by atoms with Crippen molar-refractivity contribution < 1.29 is 9.84 Å². The van der Waals surface area contributed by atoms with E-state index in [2.05, 4.69) is 47.7 Å². The van der Waals surface area contributed by atoms with Gasteiger partial charge in [-0.2, -0.15) is 0 Å². The van der Waals surface area contributed by atoms with Crippen LogP contribution >= 0.6 is 24.0 Å².